The molecule has 0 spiro atoms. The van der Waals surface area contributed by atoms with Crippen LogP contribution in [0.4, 0.5) is 0 Å². The van der Waals surface area contributed by atoms with Gasteiger partial charge in [0.2, 0.25) is 0 Å². The van der Waals surface area contributed by atoms with E-state index in [1.54, 1.807) is 19.3 Å². The third-order valence-corrected chi connectivity index (χ3v) is 4.11. The lowest BCUT2D eigenvalue weighted by molar-refractivity contribution is 0.0519. The Morgan fingerprint density at radius 1 is 1.60 bits per heavy atom. The van der Waals surface area contributed by atoms with Crippen LogP contribution >= 0.6 is 0 Å². The van der Waals surface area contributed by atoms with Crippen molar-refractivity contribution < 1.29 is 13.9 Å². The predicted molar refractivity (Wildman–Crippen MR) is 76.3 cm³/mol. The van der Waals surface area contributed by atoms with E-state index < -0.39 is 0 Å². The SMILES string of the molecule is CCOC(=O)c1ccoc1CN1CCC(C)C(CN)C1. The van der Waals surface area contributed by atoms with Crippen molar-refractivity contribution >= 4 is 5.97 Å². The number of ether oxygens (including phenoxy) is 1. The van der Waals surface area contributed by atoms with Crippen LogP contribution in [0.3, 0.4) is 0 Å². The second-order valence-electron chi connectivity index (χ2n) is 5.47. The summed E-state index contributed by atoms with van der Waals surface area (Å²) >= 11 is 0. The molecular weight excluding hydrogens is 256 g/mol. The number of nitrogens with two attached hydrogens (primary N) is 1. The molecule has 0 aliphatic carbocycles. The topological polar surface area (TPSA) is 68.7 Å². The zero-order valence-corrected chi connectivity index (χ0v) is 12.3. The van der Waals surface area contributed by atoms with E-state index in [9.17, 15) is 4.79 Å². The molecule has 112 valence electrons. The van der Waals surface area contributed by atoms with Gasteiger partial charge in [0.15, 0.2) is 0 Å². The number of hydrogen-bond acceptors (Lipinski definition) is 5. The van der Waals surface area contributed by atoms with E-state index in [0.717, 1.165) is 19.5 Å². The molecule has 2 rings (SSSR count). The average Bonchev–Trinajstić information content (AvgIpc) is 2.89. The third kappa shape index (κ3) is 3.41. The molecule has 0 saturated carbocycles. The molecule has 5 heteroatoms. The summed E-state index contributed by atoms with van der Waals surface area (Å²) in [5.41, 5.74) is 6.36. The van der Waals surface area contributed by atoms with E-state index in [0.29, 0.717) is 42.9 Å². The number of carbonyl (C=O) groups excluding carboxylic acids is 1. The normalized spacial score (nSPS) is 23.8. The van der Waals surface area contributed by atoms with Crippen molar-refractivity contribution in [3.8, 4) is 0 Å². The fraction of sp³-hybridized carbons (Fsp3) is 0.667. The molecule has 2 heterocycles. The van der Waals surface area contributed by atoms with Gasteiger partial charge in [0.1, 0.15) is 11.3 Å². The van der Waals surface area contributed by atoms with Gasteiger partial charge in [-0.3, -0.25) is 4.90 Å². The van der Waals surface area contributed by atoms with Gasteiger partial charge in [-0.15, -0.1) is 0 Å². The first-order valence-electron chi connectivity index (χ1n) is 7.31. The molecule has 1 aliphatic heterocycles. The number of furan rings is 1. The van der Waals surface area contributed by atoms with Crippen LogP contribution < -0.4 is 5.73 Å². The minimum atomic E-state index is -0.308. The van der Waals surface area contributed by atoms with Crippen molar-refractivity contribution in [3.63, 3.8) is 0 Å². The maximum atomic E-state index is 11.8. The fourth-order valence-electron chi connectivity index (χ4n) is 2.73. The molecule has 5 nitrogen and oxygen atoms in total. The first-order valence-corrected chi connectivity index (χ1v) is 7.31. The monoisotopic (exact) mass is 280 g/mol. The van der Waals surface area contributed by atoms with Crippen molar-refractivity contribution in [1.29, 1.82) is 0 Å². The summed E-state index contributed by atoms with van der Waals surface area (Å²) in [6.45, 7) is 7.76. The highest BCUT2D eigenvalue weighted by Gasteiger charge is 2.27. The van der Waals surface area contributed by atoms with Gasteiger partial charge in [-0.05, 0) is 44.3 Å². The Morgan fingerprint density at radius 2 is 2.40 bits per heavy atom. The number of carbonyl (C=O) groups is 1. The van der Waals surface area contributed by atoms with Gasteiger partial charge in [-0.25, -0.2) is 4.79 Å². The molecule has 2 unspecified atom stereocenters. The summed E-state index contributed by atoms with van der Waals surface area (Å²) in [6.07, 6.45) is 2.69. The Bertz CT molecular complexity index is 444. The summed E-state index contributed by atoms with van der Waals surface area (Å²) in [4.78, 5) is 14.1. The third-order valence-electron chi connectivity index (χ3n) is 4.11. The number of piperidine rings is 1. The molecule has 0 radical (unpaired) electrons. The van der Waals surface area contributed by atoms with Gasteiger partial charge >= 0.3 is 5.97 Å². The lowest BCUT2D eigenvalue weighted by Gasteiger charge is -2.36. The minimum absolute atomic E-state index is 0.308. The molecule has 1 fully saturated rings. The molecule has 20 heavy (non-hydrogen) atoms. The van der Waals surface area contributed by atoms with E-state index in [4.69, 9.17) is 14.9 Å². The molecule has 0 aromatic carbocycles. The van der Waals surface area contributed by atoms with Crippen molar-refractivity contribution in [2.75, 3.05) is 26.2 Å². The van der Waals surface area contributed by atoms with Crippen LogP contribution in [0.15, 0.2) is 16.7 Å². The molecule has 1 saturated heterocycles. The van der Waals surface area contributed by atoms with Crippen LogP contribution in [-0.4, -0.2) is 37.1 Å². The van der Waals surface area contributed by atoms with Crippen LogP contribution in [0.25, 0.3) is 0 Å². The lowest BCUT2D eigenvalue weighted by atomic mass is 9.87. The molecule has 2 atom stereocenters. The van der Waals surface area contributed by atoms with Gasteiger partial charge < -0.3 is 14.9 Å². The van der Waals surface area contributed by atoms with E-state index in [-0.39, 0.29) is 5.97 Å². The van der Waals surface area contributed by atoms with Crippen LogP contribution in [-0.2, 0) is 11.3 Å². The van der Waals surface area contributed by atoms with E-state index in [1.165, 1.54) is 0 Å². The van der Waals surface area contributed by atoms with Gasteiger partial charge in [0, 0.05) is 6.54 Å². The minimum Gasteiger partial charge on any atom is -0.467 e. The molecule has 1 aromatic heterocycles. The molecular formula is C15H24N2O3. The predicted octanol–water partition coefficient (Wildman–Crippen LogP) is 1.87. The van der Waals surface area contributed by atoms with E-state index in [2.05, 4.69) is 11.8 Å². The summed E-state index contributed by atoms with van der Waals surface area (Å²) < 4.78 is 10.5. The molecule has 1 aliphatic rings. The lowest BCUT2D eigenvalue weighted by Crippen LogP contribution is -2.42. The highest BCUT2D eigenvalue weighted by molar-refractivity contribution is 5.90. The second-order valence-corrected chi connectivity index (χ2v) is 5.47. The van der Waals surface area contributed by atoms with Crippen LogP contribution in [0, 0.1) is 11.8 Å². The molecule has 2 N–H and O–H groups in total. The van der Waals surface area contributed by atoms with Gasteiger partial charge in [0.05, 0.1) is 19.4 Å². The number of likely N-dealkylation sites (tertiary alicyclic amines) is 1. The number of nitrogens with zero attached hydrogens (tertiary/aromatic N) is 1. The van der Waals surface area contributed by atoms with Crippen molar-refractivity contribution in [1.82, 2.24) is 4.90 Å². The van der Waals surface area contributed by atoms with Crippen molar-refractivity contribution in [3.05, 3.63) is 23.7 Å². The van der Waals surface area contributed by atoms with Crippen LogP contribution in [0.5, 0.6) is 0 Å². The van der Waals surface area contributed by atoms with Gasteiger partial charge in [0.25, 0.3) is 0 Å². The zero-order valence-electron chi connectivity index (χ0n) is 12.3. The highest BCUT2D eigenvalue weighted by atomic mass is 16.5. The maximum Gasteiger partial charge on any atom is 0.341 e. The zero-order chi connectivity index (χ0) is 14.5. The fourth-order valence-corrected chi connectivity index (χ4v) is 2.73. The van der Waals surface area contributed by atoms with Crippen LogP contribution in [0.2, 0.25) is 0 Å². The molecule has 1 aromatic rings. The summed E-state index contributed by atoms with van der Waals surface area (Å²) in [7, 11) is 0. The highest BCUT2D eigenvalue weighted by Crippen LogP contribution is 2.24. The summed E-state index contributed by atoms with van der Waals surface area (Å²) in [6, 6.07) is 1.68. The first-order chi connectivity index (χ1) is 9.65. The van der Waals surface area contributed by atoms with Crippen molar-refractivity contribution in [2.45, 2.75) is 26.8 Å². The largest absolute Gasteiger partial charge is 0.467 e. The second kappa shape index (κ2) is 6.90. The number of hydrogen-bond donors (Lipinski definition) is 1. The Hall–Kier alpha value is -1.33. The van der Waals surface area contributed by atoms with E-state index >= 15 is 0 Å². The number of esters is 1. The smallest absolute Gasteiger partial charge is 0.341 e. The van der Waals surface area contributed by atoms with E-state index in [1.807, 2.05) is 0 Å². The Morgan fingerprint density at radius 3 is 3.10 bits per heavy atom. The van der Waals surface area contributed by atoms with Gasteiger partial charge in [-0.1, -0.05) is 6.92 Å². The summed E-state index contributed by atoms with van der Waals surface area (Å²) in [5.74, 6) is 1.56. The summed E-state index contributed by atoms with van der Waals surface area (Å²) in [5, 5.41) is 0. The quantitative estimate of drug-likeness (QED) is 0.834. The average molecular weight is 280 g/mol. The Balaban J connectivity index is 2.00. The van der Waals surface area contributed by atoms with Crippen LogP contribution in [0.1, 0.15) is 36.4 Å². The standard InChI is InChI=1S/C15H24N2O3/c1-3-19-15(18)13-5-7-20-14(13)10-17-6-4-11(2)12(8-16)9-17/h5,7,11-12H,3-4,6,8-10,16H2,1-2H3. The Labute approximate surface area is 120 Å². The van der Waals surface area contributed by atoms with Gasteiger partial charge in [-0.2, -0.15) is 0 Å². The molecule has 0 amide bonds. The Kier molecular flexibility index (Phi) is 5.20. The maximum absolute atomic E-state index is 11.8. The first kappa shape index (κ1) is 15.1. The van der Waals surface area contributed by atoms with Crippen molar-refractivity contribution in [2.24, 2.45) is 17.6 Å². The molecule has 0 bridgehead atoms. The number of rotatable bonds is 5.